The lowest BCUT2D eigenvalue weighted by molar-refractivity contribution is 0.0956. The van der Waals surface area contributed by atoms with Crippen molar-refractivity contribution in [2.75, 3.05) is 17.0 Å². The first-order valence-electron chi connectivity index (χ1n) is 9.44. The van der Waals surface area contributed by atoms with Crippen LogP contribution in [0.2, 0.25) is 10.0 Å². The number of carbonyl (C=O) groups is 1. The predicted octanol–water partition coefficient (Wildman–Crippen LogP) is 5.60. The Morgan fingerprint density at radius 2 is 1.72 bits per heavy atom. The molecule has 0 aliphatic heterocycles. The van der Waals surface area contributed by atoms with E-state index < -0.39 is 15.9 Å². The number of nitrogens with one attached hydrogen (secondary N) is 2. The van der Waals surface area contributed by atoms with Gasteiger partial charge in [-0.2, -0.15) is 11.8 Å². The summed E-state index contributed by atoms with van der Waals surface area (Å²) in [6.07, 6.45) is 0. The molecule has 168 valence electrons. The summed E-state index contributed by atoms with van der Waals surface area (Å²) in [5.74, 6) is 0.0797. The van der Waals surface area contributed by atoms with Gasteiger partial charge in [0.05, 0.1) is 5.02 Å². The number of thioether (sulfide) groups is 1. The van der Waals surface area contributed by atoms with Crippen molar-refractivity contribution in [3.05, 3.63) is 93.7 Å². The standard InChI is InChI=1S/C22H19Cl2FN2O3S2/c23-18-7-4-8-20(25)17(18)14-31-12-11-26-22(28)15-9-10-19(24)21(13-15)32(29,30)27-16-5-2-1-3-6-16/h1-10,13,27H,11-12,14H2,(H,26,28). The maximum absolute atomic E-state index is 13.8. The number of hydrogen-bond donors (Lipinski definition) is 2. The molecule has 3 aromatic carbocycles. The van der Waals surface area contributed by atoms with Gasteiger partial charge in [-0.1, -0.05) is 47.5 Å². The molecule has 0 aliphatic carbocycles. The second-order valence-electron chi connectivity index (χ2n) is 6.63. The SMILES string of the molecule is O=C(NCCSCc1c(F)cccc1Cl)c1ccc(Cl)c(S(=O)(=O)Nc2ccccc2)c1. The van der Waals surface area contributed by atoms with Crippen molar-refractivity contribution < 1.29 is 17.6 Å². The smallest absolute Gasteiger partial charge is 0.263 e. The summed E-state index contributed by atoms with van der Waals surface area (Å²) in [7, 11) is -3.98. The van der Waals surface area contributed by atoms with Gasteiger partial charge in [0, 0.05) is 39.9 Å². The summed E-state index contributed by atoms with van der Waals surface area (Å²) < 4.78 is 41.6. The van der Waals surface area contributed by atoms with Crippen molar-refractivity contribution >= 4 is 56.6 Å². The van der Waals surface area contributed by atoms with Crippen LogP contribution in [0.3, 0.4) is 0 Å². The summed E-state index contributed by atoms with van der Waals surface area (Å²) in [5.41, 5.74) is 0.958. The van der Waals surface area contributed by atoms with E-state index in [1.807, 2.05) is 0 Å². The number of rotatable bonds is 9. The Labute approximate surface area is 200 Å². The molecule has 3 aromatic rings. The molecule has 0 unspecified atom stereocenters. The zero-order chi connectivity index (χ0) is 23.1. The number of benzene rings is 3. The summed E-state index contributed by atoms with van der Waals surface area (Å²) in [6, 6.07) is 16.9. The normalized spacial score (nSPS) is 11.2. The third kappa shape index (κ3) is 6.38. The molecule has 10 heteroatoms. The van der Waals surface area contributed by atoms with Crippen molar-refractivity contribution in [3.8, 4) is 0 Å². The Bertz CT molecular complexity index is 1190. The Morgan fingerprint density at radius 1 is 0.969 bits per heavy atom. The number of anilines is 1. The van der Waals surface area contributed by atoms with Crippen molar-refractivity contribution in [3.63, 3.8) is 0 Å². The van der Waals surface area contributed by atoms with Crippen molar-refractivity contribution in [1.29, 1.82) is 0 Å². The number of amides is 1. The topological polar surface area (TPSA) is 75.3 Å². The van der Waals surface area contributed by atoms with E-state index in [1.165, 1.54) is 36.0 Å². The maximum Gasteiger partial charge on any atom is 0.263 e. The number of halogens is 3. The molecule has 32 heavy (non-hydrogen) atoms. The van der Waals surface area contributed by atoms with Gasteiger partial charge < -0.3 is 5.32 Å². The summed E-state index contributed by atoms with van der Waals surface area (Å²) >= 11 is 13.5. The minimum absolute atomic E-state index is 0.00213. The molecular weight excluding hydrogens is 494 g/mol. The second kappa shape index (κ2) is 11.0. The van der Waals surface area contributed by atoms with Crippen LogP contribution in [0.4, 0.5) is 10.1 Å². The maximum atomic E-state index is 13.8. The molecule has 1 amide bonds. The average molecular weight is 513 g/mol. The highest BCUT2D eigenvalue weighted by molar-refractivity contribution is 7.98. The Morgan fingerprint density at radius 3 is 2.44 bits per heavy atom. The van der Waals surface area contributed by atoms with Gasteiger partial charge in [-0.15, -0.1) is 0 Å². The Hall–Kier alpha value is -2.26. The molecule has 0 spiro atoms. The third-order valence-electron chi connectivity index (χ3n) is 4.35. The lowest BCUT2D eigenvalue weighted by atomic mass is 10.2. The summed E-state index contributed by atoms with van der Waals surface area (Å²) in [6.45, 7) is 0.308. The fourth-order valence-corrected chi connectivity index (χ4v) is 5.53. The molecule has 3 rings (SSSR count). The van der Waals surface area contributed by atoms with E-state index in [0.29, 0.717) is 34.3 Å². The van der Waals surface area contributed by atoms with E-state index in [2.05, 4.69) is 10.0 Å². The first-order valence-corrected chi connectivity index (χ1v) is 12.8. The van der Waals surface area contributed by atoms with E-state index >= 15 is 0 Å². The van der Waals surface area contributed by atoms with Gasteiger partial charge in [-0.3, -0.25) is 9.52 Å². The largest absolute Gasteiger partial charge is 0.351 e. The fourth-order valence-electron chi connectivity index (χ4n) is 2.75. The molecule has 0 fully saturated rings. The van der Waals surface area contributed by atoms with Crippen molar-refractivity contribution in [2.24, 2.45) is 0 Å². The van der Waals surface area contributed by atoms with Crippen molar-refractivity contribution in [2.45, 2.75) is 10.6 Å². The quantitative estimate of drug-likeness (QED) is 0.366. The van der Waals surface area contributed by atoms with Gasteiger partial charge in [0.25, 0.3) is 15.9 Å². The zero-order valence-electron chi connectivity index (χ0n) is 16.6. The monoisotopic (exact) mass is 512 g/mol. The molecule has 0 aliphatic rings. The summed E-state index contributed by atoms with van der Waals surface area (Å²) in [4.78, 5) is 12.3. The highest BCUT2D eigenvalue weighted by Gasteiger charge is 2.20. The van der Waals surface area contributed by atoms with Crippen LogP contribution in [0.25, 0.3) is 0 Å². The minimum atomic E-state index is -3.98. The van der Waals surface area contributed by atoms with Gasteiger partial charge in [0.2, 0.25) is 0 Å². The predicted molar refractivity (Wildman–Crippen MR) is 129 cm³/mol. The molecule has 0 aromatic heterocycles. The first-order chi connectivity index (χ1) is 15.3. The fraction of sp³-hybridized carbons (Fsp3) is 0.136. The van der Waals surface area contributed by atoms with E-state index in [1.54, 1.807) is 42.5 Å². The number of sulfonamides is 1. The second-order valence-corrected chi connectivity index (χ2v) is 10.2. The van der Waals surface area contributed by atoms with Gasteiger partial charge in [0.15, 0.2) is 0 Å². The van der Waals surface area contributed by atoms with E-state index in [0.717, 1.165) is 0 Å². The molecule has 0 atom stereocenters. The molecule has 5 nitrogen and oxygen atoms in total. The Balaban J connectivity index is 1.59. The first kappa shape index (κ1) is 24.4. The van der Waals surface area contributed by atoms with Gasteiger partial charge in [0.1, 0.15) is 10.7 Å². The summed E-state index contributed by atoms with van der Waals surface area (Å²) in [5, 5.41) is 3.08. The molecule has 0 radical (unpaired) electrons. The molecule has 0 heterocycles. The van der Waals surface area contributed by atoms with Gasteiger partial charge in [-0.25, -0.2) is 12.8 Å². The number of para-hydroxylation sites is 1. The van der Waals surface area contributed by atoms with E-state index in [-0.39, 0.29) is 21.3 Å². The minimum Gasteiger partial charge on any atom is -0.351 e. The highest BCUT2D eigenvalue weighted by Crippen LogP contribution is 2.26. The highest BCUT2D eigenvalue weighted by atomic mass is 35.5. The zero-order valence-corrected chi connectivity index (χ0v) is 19.8. The lowest BCUT2D eigenvalue weighted by Gasteiger charge is -2.11. The average Bonchev–Trinajstić information content (AvgIpc) is 2.75. The molecular formula is C22H19Cl2FN2O3S2. The van der Waals surface area contributed by atoms with Gasteiger partial charge >= 0.3 is 0 Å². The molecule has 0 saturated carbocycles. The number of carbonyl (C=O) groups excluding carboxylic acids is 1. The van der Waals surface area contributed by atoms with Crippen LogP contribution in [0.1, 0.15) is 15.9 Å². The molecule has 0 saturated heterocycles. The van der Waals surface area contributed by atoms with Crippen LogP contribution in [-0.4, -0.2) is 26.6 Å². The van der Waals surface area contributed by atoms with Crippen molar-refractivity contribution in [1.82, 2.24) is 5.32 Å². The van der Waals surface area contributed by atoms with E-state index in [4.69, 9.17) is 23.2 Å². The van der Waals surface area contributed by atoms with Gasteiger partial charge in [-0.05, 0) is 42.5 Å². The van der Waals surface area contributed by atoms with Crippen LogP contribution >= 0.6 is 35.0 Å². The van der Waals surface area contributed by atoms with E-state index in [9.17, 15) is 17.6 Å². The van der Waals surface area contributed by atoms with Crippen LogP contribution in [-0.2, 0) is 15.8 Å². The van der Waals surface area contributed by atoms with Crippen LogP contribution in [0.5, 0.6) is 0 Å². The molecule has 2 N–H and O–H groups in total. The van der Waals surface area contributed by atoms with Crippen LogP contribution in [0, 0.1) is 5.82 Å². The van der Waals surface area contributed by atoms with Crippen LogP contribution < -0.4 is 10.0 Å². The number of hydrogen-bond acceptors (Lipinski definition) is 4. The van der Waals surface area contributed by atoms with Crippen LogP contribution in [0.15, 0.2) is 71.6 Å². The third-order valence-corrected chi connectivity index (χ3v) is 7.55. The lowest BCUT2D eigenvalue weighted by Crippen LogP contribution is -2.26. The Kier molecular flexibility index (Phi) is 8.42. The molecule has 0 bridgehead atoms.